The minimum absolute atomic E-state index is 0.0708. The van der Waals surface area contributed by atoms with Crippen LogP contribution in [0.5, 0.6) is 11.5 Å². The summed E-state index contributed by atoms with van der Waals surface area (Å²) in [7, 11) is -4.55. The normalized spacial score (nSPS) is 12.3. The van der Waals surface area contributed by atoms with Crippen molar-refractivity contribution in [2.75, 3.05) is 7.11 Å². The molecule has 0 unspecified atom stereocenters. The van der Waals surface area contributed by atoms with Crippen molar-refractivity contribution < 1.29 is 34.9 Å². The van der Waals surface area contributed by atoms with Gasteiger partial charge >= 0.3 is 15.6 Å². The lowest BCUT2D eigenvalue weighted by molar-refractivity contribution is -0.0499. The van der Waals surface area contributed by atoms with Crippen LogP contribution in [0.3, 0.4) is 0 Å². The Labute approximate surface area is 173 Å². The molecule has 0 spiro atoms. The molecule has 0 amide bonds. The standard InChI is InChI=1S/C21H13F3O6S/c1-28-14-8-6-12(7-9-14)13-10-17-19(18(11-13)30-31(26,27)21(22,23)24)20(25)15-4-2-3-5-16(15)29-17/h2-11H,1H3. The van der Waals surface area contributed by atoms with Gasteiger partial charge in [-0.05, 0) is 47.5 Å². The van der Waals surface area contributed by atoms with Crippen LogP contribution in [0.2, 0.25) is 0 Å². The molecule has 160 valence electrons. The molecule has 1 aromatic heterocycles. The molecule has 0 saturated carbocycles. The molecule has 31 heavy (non-hydrogen) atoms. The molecular formula is C21H13F3O6S. The Morgan fingerprint density at radius 1 is 0.903 bits per heavy atom. The first kappa shape index (κ1) is 20.7. The van der Waals surface area contributed by atoms with Gasteiger partial charge in [0.2, 0.25) is 5.43 Å². The lowest BCUT2D eigenvalue weighted by atomic mass is 10.0. The van der Waals surface area contributed by atoms with Crippen molar-refractivity contribution in [2.24, 2.45) is 0 Å². The third-order valence-electron chi connectivity index (χ3n) is 4.55. The summed E-state index contributed by atoms with van der Waals surface area (Å²) >= 11 is 0. The lowest BCUT2D eigenvalue weighted by Gasteiger charge is -2.13. The fraction of sp³-hybridized carbons (Fsp3) is 0.0952. The first-order valence-electron chi connectivity index (χ1n) is 8.75. The minimum Gasteiger partial charge on any atom is -0.497 e. The summed E-state index contributed by atoms with van der Waals surface area (Å²) in [6, 6.07) is 15.0. The van der Waals surface area contributed by atoms with E-state index >= 15 is 0 Å². The fourth-order valence-corrected chi connectivity index (χ4v) is 3.53. The number of alkyl halides is 3. The largest absolute Gasteiger partial charge is 0.534 e. The molecule has 1 heterocycles. The van der Waals surface area contributed by atoms with Crippen LogP contribution in [0, 0.1) is 0 Å². The molecule has 0 aliphatic heterocycles. The average molecular weight is 450 g/mol. The summed E-state index contributed by atoms with van der Waals surface area (Å²) in [5, 5.41) is -0.342. The number of fused-ring (bicyclic) bond motifs is 2. The Morgan fingerprint density at radius 2 is 1.58 bits per heavy atom. The Bertz CT molecular complexity index is 1460. The van der Waals surface area contributed by atoms with Crippen LogP contribution in [0.15, 0.2) is 69.9 Å². The smallest absolute Gasteiger partial charge is 0.497 e. The van der Waals surface area contributed by atoms with Gasteiger partial charge in [0.25, 0.3) is 0 Å². The van der Waals surface area contributed by atoms with Crippen LogP contribution in [0.4, 0.5) is 13.2 Å². The Kier molecular flexibility index (Phi) is 4.89. The van der Waals surface area contributed by atoms with Crippen molar-refractivity contribution in [1.29, 1.82) is 0 Å². The van der Waals surface area contributed by atoms with E-state index in [9.17, 15) is 26.4 Å². The maximum Gasteiger partial charge on any atom is 0.534 e. The number of hydrogen-bond donors (Lipinski definition) is 0. The van der Waals surface area contributed by atoms with E-state index in [-0.39, 0.29) is 22.1 Å². The topological polar surface area (TPSA) is 82.8 Å². The van der Waals surface area contributed by atoms with E-state index in [0.717, 1.165) is 6.07 Å². The van der Waals surface area contributed by atoms with E-state index in [1.165, 1.54) is 25.3 Å². The predicted molar refractivity (Wildman–Crippen MR) is 108 cm³/mol. The molecule has 0 aliphatic rings. The first-order valence-corrected chi connectivity index (χ1v) is 10.2. The van der Waals surface area contributed by atoms with E-state index in [2.05, 4.69) is 4.18 Å². The van der Waals surface area contributed by atoms with Gasteiger partial charge in [-0.15, -0.1) is 0 Å². The molecule has 4 rings (SSSR count). The first-order chi connectivity index (χ1) is 14.6. The number of ether oxygens (including phenoxy) is 1. The van der Waals surface area contributed by atoms with Gasteiger partial charge in [0, 0.05) is 0 Å². The lowest BCUT2D eigenvalue weighted by Crippen LogP contribution is -2.28. The second kappa shape index (κ2) is 7.31. The second-order valence-corrected chi connectivity index (χ2v) is 8.02. The quantitative estimate of drug-likeness (QED) is 0.251. The molecule has 0 bridgehead atoms. The zero-order valence-corrected chi connectivity index (χ0v) is 16.6. The number of methoxy groups -OCH3 is 1. The summed E-state index contributed by atoms with van der Waals surface area (Å²) in [6.07, 6.45) is 0. The monoisotopic (exact) mass is 450 g/mol. The molecule has 0 radical (unpaired) electrons. The number of para-hydroxylation sites is 1. The zero-order valence-electron chi connectivity index (χ0n) is 15.8. The maximum absolute atomic E-state index is 13.0. The van der Waals surface area contributed by atoms with Crippen molar-refractivity contribution in [3.63, 3.8) is 0 Å². The number of hydrogen-bond acceptors (Lipinski definition) is 6. The van der Waals surface area contributed by atoms with Gasteiger partial charge < -0.3 is 13.3 Å². The summed E-state index contributed by atoms with van der Waals surface area (Å²) in [5.74, 6) is -0.238. The molecule has 0 atom stereocenters. The van der Waals surface area contributed by atoms with Gasteiger partial charge in [0.1, 0.15) is 22.3 Å². The highest BCUT2D eigenvalue weighted by Gasteiger charge is 2.49. The molecule has 0 aliphatic carbocycles. The van der Waals surface area contributed by atoms with Crippen molar-refractivity contribution >= 4 is 32.1 Å². The minimum atomic E-state index is -6.02. The van der Waals surface area contributed by atoms with E-state index in [0.29, 0.717) is 11.3 Å². The highest BCUT2D eigenvalue weighted by Crippen LogP contribution is 2.36. The van der Waals surface area contributed by atoms with Gasteiger partial charge in [-0.1, -0.05) is 24.3 Å². The molecule has 4 aromatic rings. The van der Waals surface area contributed by atoms with Crippen molar-refractivity contribution in [1.82, 2.24) is 0 Å². The van der Waals surface area contributed by atoms with Gasteiger partial charge in [-0.3, -0.25) is 4.79 Å². The van der Waals surface area contributed by atoms with Gasteiger partial charge in [-0.25, -0.2) is 0 Å². The Balaban J connectivity index is 2.03. The van der Waals surface area contributed by atoms with E-state index in [1.54, 1.807) is 36.4 Å². The van der Waals surface area contributed by atoms with Gasteiger partial charge in [0.05, 0.1) is 12.5 Å². The average Bonchev–Trinajstić information content (AvgIpc) is 2.72. The van der Waals surface area contributed by atoms with Crippen LogP contribution in [-0.4, -0.2) is 21.0 Å². The van der Waals surface area contributed by atoms with E-state index in [4.69, 9.17) is 9.15 Å². The van der Waals surface area contributed by atoms with E-state index < -0.39 is 32.2 Å². The third-order valence-corrected chi connectivity index (χ3v) is 5.52. The number of halogens is 3. The Hall–Kier alpha value is -3.53. The summed E-state index contributed by atoms with van der Waals surface area (Å²) in [5.41, 5.74) is -5.54. The summed E-state index contributed by atoms with van der Waals surface area (Å²) in [4.78, 5) is 12.9. The summed E-state index contributed by atoms with van der Waals surface area (Å²) < 4.78 is 77.4. The number of benzene rings is 3. The van der Waals surface area contributed by atoms with Crippen LogP contribution in [0.25, 0.3) is 33.1 Å². The highest BCUT2D eigenvalue weighted by atomic mass is 32.2. The fourth-order valence-electron chi connectivity index (χ4n) is 3.07. The van der Waals surface area contributed by atoms with Crippen molar-refractivity contribution in [3.8, 4) is 22.6 Å². The highest BCUT2D eigenvalue weighted by molar-refractivity contribution is 7.88. The second-order valence-electron chi connectivity index (χ2n) is 6.49. The van der Waals surface area contributed by atoms with Crippen LogP contribution in [0.1, 0.15) is 0 Å². The summed E-state index contributed by atoms with van der Waals surface area (Å²) in [6.45, 7) is 0. The van der Waals surface area contributed by atoms with Crippen molar-refractivity contribution in [2.45, 2.75) is 5.51 Å². The van der Waals surface area contributed by atoms with E-state index in [1.807, 2.05) is 0 Å². The predicted octanol–water partition coefficient (Wildman–Crippen LogP) is 4.85. The van der Waals surface area contributed by atoms with Crippen LogP contribution < -0.4 is 14.3 Å². The maximum atomic E-state index is 13.0. The zero-order chi connectivity index (χ0) is 22.4. The SMILES string of the molecule is COc1ccc(-c2cc(OS(=O)(=O)C(F)(F)F)c3c(=O)c4ccccc4oc3c2)cc1. The Morgan fingerprint density at radius 3 is 2.23 bits per heavy atom. The molecular weight excluding hydrogens is 437 g/mol. The van der Waals surface area contributed by atoms with Crippen molar-refractivity contribution in [3.05, 3.63) is 70.9 Å². The molecule has 0 saturated heterocycles. The number of rotatable bonds is 4. The molecule has 10 heteroatoms. The van der Waals surface area contributed by atoms with Gasteiger partial charge in [0.15, 0.2) is 5.75 Å². The molecule has 6 nitrogen and oxygen atoms in total. The molecule has 0 fully saturated rings. The van der Waals surface area contributed by atoms with Crippen LogP contribution >= 0.6 is 0 Å². The third kappa shape index (κ3) is 3.70. The van der Waals surface area contributed by atoms with Gasteiger partial charge in [-0.2, -0.15) is 21.6 Å². The molecule has 0 N–H and O–H groups in total. The molecule has 3 aromatic carbocycles. The van der Waals surface area contributed by atoms with Crippen LogP contribution in [-0.2, 0) is 10.1 Å².